The number of methoxy groups -OCH3 is 2. The molecule has 0 radical (unpaired) electrons. The molecule has 0 unspecified atom stereocenters. The molecule has 7 nitrogen and oxygen atoms in total. The van der Waals surface area contributed by atoms with Crippen molar-refractivity contribution in [3.05, 3.63) is 30.0 Å². The van der Waals surface area contributed by atoms with Crippen LogP contribution in [-0.2, 0) is 11.3 Å². The van der Waals surface area contributed by atoms with Gasteiger partial charge >= 0.3 is 0 Å². The van der Waals surface area contributed by atoms with E-state index in [9.17, 15) is 9.59 Å². The lowest BCUT2D eigenvalue weighted by Gasteiger charge is -2.19. The smallest absolute Gasteiger partial charge is 0.272 e. The van der Waals surface area contributed by atoms with Crippen LogP contribution >= 0.6 is 0 Å². The molecule has 1 atom stereocenters. The van der Waals surface area contributed by atoms with Crippen LogP contribution in [0.25, 0.3) is 11.3 Å². The molecule has 0 spiro atoms. The number of amides is 1. The predicted molar refractivity (Wildman–Crippen MR) is 131 cm³/mol. The molecule has 0 aliphatic rings. The minimum Gasteiger partial charge on any atom is -0.496 e. The van der Waals surface area contributed by atoms with Crippen LogP contribution in [0.5, 0.6) is 11.5 Å². The fourth-order valence-corrected chi connectivity index (χ4v) is 4.00. The van der Waals surface area contributed by atoms with Crippen LogP contribution in [0.1, 0.15) is 70.8 Å². The first-order chi connectivity index (χ1) is 15.7. The third-order valence-corrected chi connectivity index (χ3v) is 5.33. The molecule has 33 heavy (non-hydrogen) atoms. The van der Waals surface area contributed by atoms with Crippen LogP contribution in [0, 0.1) is 11.8 Å². The molecule has 1 aromatic heterocycles. The Labute approximate surface area is 197 Å². The second kappa shape index (κ2) is 12.4. The van der Waals surface area contributed by atoms with Crippen LogP contribution in [0.3, 0.4) is 0 Å². The number of nitrogens with one attached hydrogen (secondary N) is 1. The van der Waals surface area contributed by atoms with E-state index in [1.54, 1.807) is 20.3 Å². The highest BCUT2D eigenvalue weighted by atomic mass is 16.5. The van der Waals surface area contributed by atoms with Gasteiger partial charge in [-0.05, 0) is 42.9 Å². The quantitative estimate of drug-likeness (QED) is 0.451. The van der Waals surface area contributed by atoms with Gasteiger partial charge in [-0.15, -0.1) is 0 Å². The number of ether oxygens (including phenoxy) is 2. The van der Waals surface area contributed by atoms with Crippen LogP contribution in [0.15, 0.2) is 24.3 Å². The normalized spacial score (nSPS) is 12.2. The second-order valence-electron chi connectivity index (χ2n) is 9.32. The summed E-state index contributed by atoms with van der Waals surface area (Å²) in [6.45, 7) is 11.0. The van der Waals surface area contributed by atoms with Gasteiger partial charge in [-0.25, -0.2) is 0 Å². The summed E-state index contributed by atoms with van der Waals surface area (Å²) in [7, 11) is 3.22. The number of aromatic nitrogens is 2. The minimum atomic E-state index is -0.275. The Bertz CT molecular complexity index is 911. The summed E-state index contributed by atoms with van der Waals surface area (Å²) < 4.78 is 13.0. The highest BCUT2D eigenvalue weighted by Gasteiger charge is 2.24. The fourth-order valence-electron chi connectivity index (χ4n) is 4.00. The molecule has 1 N–H and O–H groups in total. The summed E-state index contributed by atoms with van der Waals surface area (Å²) in [6, 6.07) is 7.15. The topological polar surface area (TPSA) is 82.5 Å². The number of nitrogens with zero attached hydrogens (tertiary/aromatic N) is 2. The first-order valence-electron chi connectivity index (χ1n) is 11.8. The van der Waals surface area contributed by atoms with Gasteiger partial charge in [-0.1, -0.05) is 40.7 Å². The van der Waals surface area contributed by atoms with Gasteiger partial charge in [0.1, 0.15) is 17.3 Å². The van der Waals surface area contributed by atoms with Crippen molar-refractivity contribution in [3.8, 4) is 22.8 Å². The Kier molecular flexibility index (Phi) is 9.95. The van der Waals surface area contributed by atoms with Crippen molar-refractivity contribution in [2.24, 2.45) is 11.8 Å². The zero-order chi connectivity index (χ0) is 24.5. The number of ketones is 1. The van der Waals surface area contributed by atoms with Gasteiger partial charge in [0.2, 0.25) is 0 Å². The van der Waals surface area contributed by atoms with E-state index in [0.29, 0.717) is 48.4 Å². The Morgan fingerprint density at radius 1 is 1.06 bits per heavy atom. The number of rotatable bonds is 13. The van der Waals surface area contributed by atoms with Crippen LogP contribution in [0.4, 0.5) is 0 Å². The number of carbonyl (C=O) groups excluding carboxylic acids is 2. The van der Waals surface area contributed by atoms with Crippen LogP contribution in [0.2, 0.25) is 0 Å². The molecule has 0 saturated heterocycles. The van der Waals surface area contributed by atoms with Crippen molar-refractivity contribution in [3.63, 3.8) is 0 Å². The van der Waals surface area contributed by atoms with E-state index in [1.165, 1.54) is 0 Å². The number of Topliss-reactive ketones (excluding diaryl/α,β-unsaturated/α-hetero) is 1. The van der Waals surface area contributed by atoms with Crippen molar-refractivity contribution < 1.29 is 19.1 Å². The highest BCUT2D eigenvalue weighted by Crippen LogP contribution is 2.38. The fraction of sp³-hybridized carbons (Fsp3) is 0.577. The van der Waals surface area contributed by atoms with Gasteiger partial charge in [0.05, 0.1) is 25.5 Å². The molecule has 0 aliphatic heterocycles. The van der Waals surface area contributed by atoms with Crippen LogP contribution in [-0.4, -0.2) is 41.7 Å². The summed E-state index contributed by atoms with van der Waals surface area (Å²) in [6.07, 6.45) is 2.43. The number of hydrogen-bond donors (Lipinski definition) is 1. The zero-order valence-electron chi connectivity index (χ0n) is 21.1. The van der Waals surface area contributed by atoms with Gasteiger partial charge in [0.25, 0.3) is 5.91 Å². The maximum absolute atomic E-state index is 13.2. The molecule has 2 aromatic rings. The largest absolute Gasteiger partial charge is 0.496 e. The molecule has 0 saturated carbocycles. The van der Waals surface area contributed by atoms with E-state index in [0.717, 1.165) is 24.1 Å². The number of carbonyl (C=O) groups is 2. The monoisotopic (exact) mass is 457 g/mol. The van der Waals surface area contributed by atoms with Crippen LogP contribution < -0.4 is 14.8 Å². The molecule has 7 heteroatoms. The van der Waals surface area contributed by atoms with Crippen molar-refractivity contribution >= 4 is 11.7 Å². The molecule has 0 aliphatic carbocycles. The molecular weight excluding hydrogens is 418 g/mol. The van der Waals surface area contributed by atoms with Gasteiger partial charge in [0, 0.05) is 25.4 Å². The molecular formula is C26H39N3O4. The van der Waals surface area contributed by atoms with E-state index in [2.05, 4.69) is 38.1 Å². The van der Waals surface area contributed by atoms with Gasteiger partial charge in [0.15, 0.2) is 5.69 Å². The van der Waals surface area contributed by atoms with E-state index in [1.807, 2.05) is 29.8 Å². The third-order valence-electron chi connectivity index (χ3n) is 5.33. The van der Waals surface area contributed by atoms with Crippen molar-refractivity contribution in [2.45, 2.75) is 72.9 Å². The Morgan fingerprint density at radius 3 is 2.21 bits per heavy atom. The first kappa shape index (κ1) is 26.4. The van der Waals surface area contributed by atoms with E-state index in [4.69, 9.17) is 9.47 Å². The highest BCUT2D eigenvalue weighted by molar-refractivity contribution is 5.94. The number of hydrogen-bond acceptors (Lipinski definition) is 5. The lowest BCUT2D eigenvalue weighted by molar-refractivity contribution is -0.119. The summed E-state index contributed by atoms with van der Waals surface area (Å²) >= 11 is 0. The maximum Gasteiger partial charge on any atom is 0.272 e. The molecule has 1 heterocycles. The lowest BCUT2D eigenvalue weighted by atomic mass is 9.97. The SMILES string of the molecule is CCCC(=O)C[C@H](CC(C)C)NC(=O)c1cc(-c2c(OC)cccc2OC)n(CC(C)C)n1. The maximum atomic E-state index is 13.2. The summed E-state index contributed by atoms with van der Waals surface area (Å²) in [5, 5.41) is 7.69. The van der Waals surface area contributed by atoms with E-state index in [-0.39, 0.29) is 17.7 Å². The van der Waals surface area contributed by atoms with Gasteiger partial charge in [-0.3, -0.25) is 14.3 Å². The predicted octanol–water partition coefficient (Wildman–Crippen LogP) is 5.13. The van der Waals surface area contributed by atoms with Gasteiger partial charge < -0.3 is 14.8 Å². The van der Waals surface area contributed by atoms with Crippen molar-refractivity contribution in [1.82, 2.24) is 15.1 Å². The molecule has 2 rings (SSSR count). The molecule has 0 fully saturated rings. The van der Waals surface area contributed by atoms with Gasteiger partial charge in [-0.2, -0.15) is 5.10 Å². The molecule has 1 aromatic carbocycles. The summed E-state index contributed by atoms with van der Waals surface area (Å²) in [5.41, 5.74) is 1.83. The lowest BCUT2D eigenvalue weighted by Crippen LogP contribution is -2.37. The second-order valence-corrected chi connectivity index (χ2v) is 9.32. The third kappa shape index (κ3) is 7.34. The zero-order valence-corrected chi connectivity index (χ0v) is 21.1. The Morgan fingerprint density at radius 2 is 1.70 bits per heavy atom. The van der Waals surface area contributed by atoms with Crippen molar-refractivity contribution in [2.75, 3.05) is 14.2 Å². The standard InChI is InChI=1S/C26H39N3O4/c1-8-10-20(30)14-19(13-17(2)3)27-26(31)21-15-22(29(28-21)16-18(4)5)25-23(32-6)11-9-12-24(25)33-7/h9,11-12,15,17-19H,8,10,13-14,16H2,1-7H3,(H,27,31)/t19-/m0/s1. The Hall–Kier alpha value is -2.83. The van der Waals surface area contributed by atoms with Crippen molar-refractivity contribution in [1.29, 1.82) is 0 Å². The first-order valence-corrected chi connectivity index (χ1v) is 11.8. The summed E-state index contributed by atoms with van der Waals surface area (Å²) in [5.74, 6) is 1.87. The summed E-state index contributed by atoms with van der Waals surface area (Å²) in [4.78, 5) is 25.5. The number of benzene rings is 1. The molecule has 182 valence electrons. The van der Waals surface area contributed by atoms with E-state index < -0.39 is 0 Å². The average molecular weight is 458 g/mol. The minimum absolute atomic E-state index is 0.174. The molecule has 0 bridgehead atoms. The molecule has 1 amide bonds. The average Bonchev–Trinajstić information content (AvgIpc) is 3.15. The Balaban J connectivity index is 2.42. The van der Waals surface area contributed by atoms with E-state index >= 15 is 0 Å².